The number of aliphatic hydroxyl groups is 2. The van der Waals surface area contributed by atoms with Crippen LogP contribution in [-0.4, -0.2) is 60.8 Å². The third-order valence-electron chi connectivity index (χ3n) is 1.07. The minimum atomic E-state index is -0.833. The van der Waals surface area contributed by atoms with Gasteiger partial charge in [-0.05, 0) is 13.3 Å². The third-order valence-corrected chi connectivity index (χ3v) is 1.07. The van der Waals surface area contributed by atoms with Crippen LogP contribution >= 0.6 is 0 Å². The van der Waals surface area contributed by atoms with E-state index < -0.39 is 12.1 Å². The minimum Gasteiger partial charge on any atom is -0.481 e. The Bertz CT molecular complexity index is 189. The van der Waals surface area contributed by atoms with Crippen LogP contribution in [0.5, 0.6) is 0 Å². The maximum Gasteiger partial charge on any atom is 0.302 e. The van der Waals surface area contributed by atoms with Gasteiger partial charge in [0.05, 0.1) is 19.3 Å². The van der Waals surface area contributed by atoms with E-state index in [4.69, 9.17) is 20.1 Å². The number of carbonyl (C=O) groups excluding carboxylic acids is 1. The second-order valence-corrected chi connectivity index (χ2v) is 3.65. The van der Waals surface area contributed by atoms with E-state index in [1.54, 1.807) is 14.2 Å². The quantitative estimate of drug-likeness (QED) is 0.525. The lowest BCUT2D eigenvalue weighted by atomic mass is 10.4. The molecule has 1 unspecified atom stereocenters. The second kappa shape index (κ2) is 26.4. The summed E-state index contributed by atoms with van der Waals surface area (Å²) in [4.78, 5) is 19.1. The Morgan fingerprint density at radius 2 is 1.50 bits per heavy atom. The molecule has 0 amide bonds. The molecule has 3 N–H and O–H groups in total. The topological polar surface area (TPSA) is 113 Å². The van der Waals surface area contributed by atoms with Crippen molar-refractivity contribution in [1.82, 2.24) is 0 Å². The Balaban J connectivity index is -0.0000000924. The number of carbonyl (C=O) groups is 2. The Hall–Kier alpha value is -1.18. The van der Waals surface area contributed by atoms with Crippen molar-refractivity contribution in [2.45, 2.75) is 46.6 Å². The number of methoxy groups -OCH3 is 1. The first kappa shape index (κ1) is 27.2. The lowest BCUT2D eigenvalue weighted by Gasteiger charge is -1.96. The third kappa shape index (κ3) is 124. The standard InChI is InChI=1S/C6H12O2.C3H8O2.C2H4O2.C2H6O/c1-3-4-5-8-6(2)7;1-3(5)2-4;1-2(3)4;1-3-2/h3-5H2,1-2H3;3-5H,2H2,1H3;1H3,(H,3,4);1-2H3. The van der Waals surface area contributed by atoms with Crippen molar-refractivity contribution in [1.29, 1.82) is 0 Å². The number of aliphatic carboxylic acids is 1. The van der Waals surface area contributed by atoms with Crippen LogP contribution in [0.4, 0.5) is 0 Å². The van der Waals surface area contributed by atoms with Crippen LogP contribution in [-0.2, 0) is 19.1 Å². The molecule has 0 bridgehead atoms. The number of hydrogen-bond acceptors (Lipinski definition) is 6. The van der Waals surface area contributed by atoms with Crippen molar-refractivity contribution in [2.75, 3.05) is 27.4 Å². The van der Waals surface area contributed by atoms with Crippen molar-refractivity contribution in [2.24, 2.45) is 0 Å². The van der Waals surface area contributed by atoms with Crippen LogP contribution in [0.2, 0.25) is 0 Å². The molecule has 0 aliphatic rings. The first-order chi connectivity index (χ1) is 9.19. The van der Waals surface area contributed by atoms with E-state index in [9.17, 15) is 4.79 Å². The van der Waals surface area contributed by atoms with Gasteiger partial charge in [0.25, 0.3) is 5.97 Å². The molecule has 0 radical (unpaired) electrons. The molecule has 0 saturated heterocycles. The molecular formula is C13H30O7. The molecule has 0 aliphatic carbocycles. The highest BCUT2D eigenvalue weighted by molar-refractivity contribution is 5.65. The Morgan fingerprint density at radius 1 is 1.20 bits per heavy atom. The predicted octanol–water partition coefficient (Wildman–Crippen LogP) is 1.06. The summed E-state index contributed by atoms with van der Waals surface area (Å²) in [5.74, 6) is -1.02. The SMILES string of the molecule is CC(=O)O.CC(O)CO.CCCCOC(C)=O.COC. The first-order valence-corrected chi connectivity index (χ1v) is 6.21. The summed E-state index contributed by atoms with van der Waals surface area (Å²) in [7, 11) is 3.25. The van der Waals surface area contributed by atoms with Crippen molar-refractivity contribution in [3.63, 3.8) is 0 Å². The molecule has 0 spiro atoms. The molecule has 124 valence electrons. The number of carboxylic acid groups (broad SMARTS) is 1. The lowest BCUT2D eigenvalue weighted by Crippen LogP contribution is -2.03. The van der Waals surface area contributed by atoms with Crippen LogP contribution in [0.3, 0.4) is 0 Å². The van der Waals surface area contributed by atoms with E-state index >= 15 is 0 Å². The first-order valence-electron chi connectivity index (χ1n) is 6.21. The molecular weight excluding hydrogens is 268 g/mol. The van der Waals surface area contributed by atoms with Gasteiger partial charge in [-0.3, -0.25) is 9.59 Å². The molecule has 0 rings (SSSR count). The van der Waals surface area contributed by atoms with E-state index in [0.29, 0.717) is 6.61 Å². The van der Waals surface area contributed by atoms with Crippen molar-refractivity contribution < 1.29 is 34.4 Å². The van der Waals surface area contributed by atoms with E-state index in [0.717, 1.165) is 19.8 Å². The van der Waals surface area contributed by atoms with Gasteiger partial charge in [0, 0.05) is 28.1 Å². The molecule has 0 saturated carbocycles. The van der Waals surface area contributed by atoms with Gasteiger partial charge < -0.3 is 24.8 Å². The molecule has 7 heteroatoms. The summed E-state index contributed by atoms with van der Waals surface area (Å²) in [6.45, 7) is 6.53. The van der Waals surface area contributed by atoms with Crippen LogP contribution in [0.15, 0.2) is 0 Å². The van der Waals surface area contributed by atoms with Gasteiger partial charge in [-0.15, -0.1) is 0 Å². The average molecular weight is 298 g/mol. The minimum absolute atomic E-state index is 0.139. The van der Waals surface area contributed by atoms with Crippen LogP contribution in [0.1, 0.15) is 40.5 Å². The van der Waals surface area contributed by atoms with Crippen molar-refractivity contribution in [3.05, 3.63) is 0 Å². The number of carboxylic acids is 1. The summed E-state index contributed by atoms with van der Waals surface area (Å²) in [6.07, 6.45) is 1.49. The zero-order valence-electron chi connectivity index (χ0n) is 13.4. The summed E-state index contributed by atoms with van der Waals surface area (Å²) in [6, 6.07) is 0. The largest absolute Gasteiger partial charge is 0.481 e. The predicted molar refractivity (Wildman–Crippen MR) is 76.6 cm³/mol. The summed E-state index contributed by atoms with van der Waals surface area (Å²) in [5, 5.41) is 23.4. The zero-order valence-corrected chi connectivity index (χ0v) is 13.4. The van der Waals surface area contributed by atoms with Gasteiger partial charge in [-0.2, -0.15) is 0 Å². The summed E-state index contributed by atoms with van der Waals surface area (Å²) < 4.78 is 8.89. The monoisotopic (exact) mass is 298 g/mol. The molecule has 20 heavy (non-hydrogen) atoms. The fraction of sp³-hybridized carbons (Fsp3) is 0.846. The highest BCUT2D eigenvalue weighted by Gasteiger charge is 1.88. The number of hydrogen-bond donors (Lipinski definition) is 3. The number of esters is 1. The summed E-state index contributed by atoms with van der Waals surface area (Å²) in [5.41, 5.74) is 0. The van der Waals surface area contributed by atoms with Gasteiger partial charge in [0.2, 0.25) is 0 Å². The van der Waals surface area contributed by atoms with E-state index in [1.807, 2.05) is 0 Å². The molecule has 7 nitrogen and oxygen atoms in total. The Labute approximate surface area is 121 Å². The van der Waals surface area contributed by atoms with E-state index in [-0.39, 0.29) is 12.6 Å². The fourth-order valence-corrected chi connectivity index (χ4v) is 0.360. The fourth-order valence-electron chi connectivity index (χ4n) is 0.360. The van der Waals surface area contributed by atoms with Gasteiger partial charge in [-0.25, -0.2) is 0 Å². The van der Waals surface area contributed by atoms with Gasteiger partial charge in [0.15, 0.2) is 0 Å². The molecule has 0 aromatic carbocycles. The highest BCUT2D eigenvalue weighted by atomic mass is 16.5. The number of unbranched alkanes of at least 4 members (excludes halogenated alkanes) is 1. The average Bonchev–Trinajstić information content (AvgIpc) is 2.30. The Kier molecular flexibility index (Phi) is 35.9. The number of aliphatic hydroxyl groups excluding tert-OH is 2. The zero-order chi connectivity index (χ0) is 17.0. The van der Waals surface area contributed by atoms with Gasteiger partial charge in [0.1, 0.15) is 0 Å². The van der Waals surface area contributed by atoms with Crippen LogP contribution in [0.25, 0.3) is 0 Å². The molecule has 1 atom stereocenters. The van der Waals surface area contributed by atoms with Crippen LogP contribution in [0, 0.1) is 0 Å². The second-order valence-electron chi connectivity index (χ2n) is 3.65. The van der Waals surface area contributed by atoms with E-state index in [1.165, 1.54) is 13.8 Å². The number of rotatable bonds is 4. The lowest BCUT2D eigenvalue weighted by molar-refractivity contribution is -0.141. The Morgan fingerprint density at radius 3 is 1.65 bits per heavy atom. The molecule has 0 aliphatic heterocycles. The van der Waals surface area contributed by atoms with Crippen molar-refractivity contribution >= 4 is 11.9 Å². The molecule has 0 heterocycles. The maximum atomic E-state index is 10.1. The summed E-state index contributed by atoms with van der Waals surface area (Å²) >= 11 is 0. The maximum absolute atomic E-state index is 10.1. The van der Waals surface area contributed by atoms with E-state index in [2.05, 4.69) is 16.4 Å². The highest BCUT2D eigenvalue weighted by Crippen LogP contribution is 1.86. The van der Waals surface area contributed by atoms with Gasteiger partial charge >= 0.3 is 5.97 Å². The normalized spacial score (nSPS) is 9.40. The van der Waals surface area contributed by atoms with Crippen molar-refractivity contribution in [3.8, 4) is 0 Å². The van der Waals surface area contributed by atoms with Gasteiger partial charge in [-0.1, -0.05) is 13.3 Å². The number of ether oxygens (including phenoxy) is 2. The van der Waals surface area contributed by atoms with Crippen LogP contribution < -0.4 is 0 Å². The molecule has 0 aromatic rings. The molecule has 0 fully saturated rings. The molecule has 0 aromatic heterocycles. The smallest absolute Gasteiger partial charge is 0.302 e.